The van der Waals surface area contributed by atoms with Crippen molar-refractivity contribution in [3.8, 4) is 0 Å². The number of nitrogens with one attached hydrogen (secondary N) is 2. The highest BCUT2D eigenvalue weighted by molar-refractivity contribution is 5.85. The van der Waals surface area contributed by atoms with Crippen LogP contribution in [0.15, 0.2) is 30.3 Å². The molecule has 5 nitrogen and oxygen atoms in total. The van der Waals surface area contributed by atoms with Gasteiger partial charge < -0.3 is 15.4 Å². The summed E-state index contributed by atoms with van der Waals surface area (Å²) < 4.78 is 5.06. The predicted molar refractivity (Wildman–Crippen MR) is 75.0 cm³/mol. The van der Waals surface area contributed by atoms with E-state index in [2.05, 4.69) is 10.6 Å². The van der Waals surface area contributed by atoms with Gasteiger partial charge in [-0.15, -0.1) is 0 Å². The summed E-state index contributed by atoms with van der Waals surface area (Å²) >= 11 is 0. The Labute approximate surface area is 118 Å². The SMILES string of the molecule is C[C@@H](NC(=O)OCc1ccccc1)C(=O)NCC1CC1. The Bertz CT molecular complexity index is 457. The summed E-state index contributed by atoms with van der Waals surface area (Å²) in [5.74, 6) is 0.449. The van der Waals surface area contributed by atoms with Crippen LogP contribution in [0.5, 0.6) is 0 Å². The Morgan fingerprint density at radius 2 is 2.00 bits per heavy atom. The van der Waals surface area contributed by atoms with Crippen LogP contribution in [0, 0.1) is 5.92 Å². The summed E-state index contributed by atoms with van der Waals surface area (Å²) in [6.07, 6.45) is 1.78. The molecule has 20 heavy (non-hydrogen) atoms. The molecule has 0 bridgehead atoms. The maximum absolute atomic E-state index is 11.7. The van der Waals surface area contributed by atoms with Gasteiger partial charge in [0, 0.05) is 6.54 Å². The fourth-order valence-electron chi connectivity index (χ4n) is 1.73. The number of benzene rings is 1. The lowest BCUT2D eigenvalue weighted by Crippen LogP contribution is -2.45. The molecule has 1 saturated carbocycles. The van der Waals surface area contributed by atoms with Crippen LogP contribution >= 0.6 is 0 Å². The number of carbonyl (C=O) groups is 2. The lowest BCUT2D eigenvalue weighted by Gasteiger charge is -2.14. The van der Waals surface area contributed by atoms with Crippen LogP contribution in [0.25, 0.3) is 0 Å². The van der Waals surface area contributed by atoms with E-state index in [0.29, 0.717) is 12.5 Å². The van der Waals surface area contributed by atoms with Gasteiger partial charge in [-0.25, -0.2) is 4.79 Å². The van der Waals surface area contributed by atoms with E-state index >= 15 is 0 Å². The van der Waals surface area contributed by atoms with Crippen LogP contribution in [0.1, 0.15) is 25.3 Å². The number of ether oxygens (including phenoxy) is 1. The molecule has 0 aliphatic heterocycles. The monoisotopic (exact) mass is 276 g/mol. The molecule has 0 spiro atoms. The molecular formula is C15H20N2O3. The number of hydrogen-bond acceptors (Lipinski definition) is 3. The number of rotatable bonds is 6. The van der Waals surface area contributed by atoms with E-state index in [4.69, 9.17) is 4.74 Å². The Kier molecular flexibility index (Phi) is 4.98. The highest BCUT2D eigenvalue weighted by Gasteiger charge is 2.23. The fourth-order valence-corrected chi connectivity index (χ4v) is 1.73. The first-order chi connectivity index (χ1) is 9.65. The first-order valence-electron chi connectivity index (χ1n) is 6.90. The summed E-state index contributed by atoms with van der Waals surface area (Å²) in [4.78, 5) is 23.3. The Morgan fingerprint density at radius 1 is 1.30 bits per heavy atom. The molecule has 0 radical (unpaired) electrons. The molecule has 1 aliphatic carbocycles. The van der Waals surface area contributed by atoms with E-state index < -0.39 is 12.1 Å². The molecule has 2 N–H and O–H groups in total. The highest BCUT2D eigenvalue weighted by atomic mass is 16.5. The summed E-state index contributed by atoms with van der Waals surface area (Å²) in [6.45, 7) is 2.54. The molecule has 2 amide bonds. The van der Waals surface area contributed by atoms with Gasteiger partial charge in [0.1, 0.15) is 12.6 Å². The van der Waals surface area contributed by atoms with Gasteiger partial charge in [-0.3, -0.25) is 4.79 Å². The minimum Gasteiger partial charge on any atom is -0.445 e. The van der Waals surface area contributed by atoms with Gasteiger partial charge in [0.15, 0.2) is 0 Å². The molecule has 1 fully saturated rings. The van der Waals surface area contributed by atoms with Crippen molar-refractivity contribution in [2.24, 2.45) is 5.92 Å². The molecule has 0 aromatic heterocycles. The molecule has 108 valence electrons. The average Bonchev–Trinajstić information content (AvgIpc) is 3.28. The molecular weight excluding hydrogens is 256 g/mol. The highest BCUT2D eigenvalue weighted by Crippen LogP contribution is 2.27. The summed E-state index contributed by atoms with van der Waals surface area (Å²) in [7, 11) is 0. The van der Waals surface area contributed by atoms with Crippen LogP contribution in [-0.2, 0) is 16.1 Å². The molecule has 5 heteroatoms. The topological polar surface area (TPSA) is 67.4 Å². The molecule has 0 saturated heterocycles. The van der Waals surface area contributed by atoms with Crippen molar-refractivity contribution >= 4 is 12.0 Å². The smallest absolute Gasteiger partial charge is 0.408 e. The lowest BCUT2D eigenvalue weighted by molar-refractivity contribution is -0.122. The number of carbonyl (C=O) groups excluding carboxylic acids is 2. The molecule has 1 aliphatic rings. The number of hydrogen-bond donors (Lipinski definition) is 2. The lowest BCUT2D eigenvalue weighted by atomic mass is 10.2. The molecule has 1 aromatic rings. The van der Waals surface area contributed by atoms with Gasteiger partial charge in [0.05, 0.1) is 0 Å². The summed E-state index contributed by atoms with van der Waals surface area (Å²) in [5.41, 5.74) is 0.911. The minimum absolute atomic E-state index is 0.173. The number of amides is 2. The van der Waals surface area contributed by atoms with E-state index in [1.807, 2.05) is 30.3 Å². The molecule has 0 unspecified atom stereocenters. The van der Waals surface area contributed by atoms with Crippen molar-refractivity contribution in [3.63, 3.8) is 0 Å². The van der Waals surface area contributed by atoms with Crippen molar-refractivity contribution < 1.29 is 14.3 Å². The Balaban J connectivity index is 1.66. The minimum atomic E-state index is -0.586. The van der Waals surface area contributed by atoms with Crippen molar-refractivity contribution in [2.45, 2.75) is 32.4 Å². The fraction of sp³-hybridized carbons (Fsp3) is 0.467. The Morgan fingerprint density at radius 3 is 2.65 bits per heavy atom. The second-order valence-corrected chi connectivity index (χ2v) is 5.12. The molecule has 0 heterocycles. The van der Waals surface area contributed by atoms with Gasteiger partial charge in [0.25, 0.3) is 0 Å². The standard InChI is InChI=1S/C15H20N2O3/c1-11(14(18)16-9-12-7-8-12)17-15(19)20-10-13-5-3-2-4-6-13/h2-6,11-12H,7-10H2,1H3,(H,16,18)(H,17,19)/t11-/m1/s1. The van der Waals surface area contributed by atoms with Crippen LogP contribution in [-0.4, -0.2) is 24.6 Å². The zero-order valence-corrected chi connectivity index (χ0v) is 11.6. The zero-order valence-electron chi connectivity index (χ0n) is 11.6. The van der Waals surface area contributed by atoms with E-state index in [1.54, 1.807) is 6.92 Å². The molecule has 1 atom stereocenters. The summed E-state index contributed by atoms with van der Waals surface area (Å²) in [5, 5.41) is 5.34. The maximum Gasteiger partial charge on any atom is 0.408 e. The van der Waals surface area contributed by atoms with Crippen molar-refractivity contribution in [1.29, 1.82) is 0 Å². The van der Waals surface area contributed by atoms with Crippen LogP contribution in [0.4, 0.5) is 4.79 Å². The normalized spacial score (nSPS) is 15.2. The van der Waals surface area contributed by atoms with Gasteiger partial charge in [-0.2, -0.15) is 0 Å². The summed E-state index contributed by atoms with van der Waals surface area (Å²) in [6, 6.07) is 8.82. The third-order valence-electron chi connectivity index (χ3n) is 3.20. The second-order valence-electron chi connectivity index (χ2n) is 5.12. The van der Waals surface area contributed by atoms with Crippen molar-refractivity contribution in [2.75, 3.05) is 6.54 Å². The first kappa shape index (κ1) is 14.4. The molecule has 2 rings (SSSR count). The maximum atomic E-state index is 11.7. The van der Waals surface area contributed by atoms with Gasteiger partial charge in [-0.1, -0.05) is 30.3 Å². The van der Waals surface area contributed by atoms with Crippen molar-refractivity contribution in [3.05, 3.63) is 35.9 Å². The molecule has 1 aromatic carbocycles. The van der Waals surface area contributed by atoms with Gasteiger partial charge >= 0.3 is 6.09 Å². The van der Waals surface area contributed by atoms with Gasteiger partial charge in [0.2, 0.25) is 5.91 Å². The van der Waals surface area contributed by atoms with Crippen LogP contribution in [0.3, 0.4) is 0 Å². The van der Waals surface area contributed by atoms with E-state index in [1.165, 1.54) is 12.8 Å². The largest absolute Gasteiger partial charge is 0.445 e. The quantitative estimate of drug-likeness (QED) is 0.833. The van der Waals surface area contributed by atoms with E-state index in [0.717, 1.165) is 5.56 Å². The Hall–Kier alpha value is -2.04. The predicted octanol–water partition coefficient (Wildman–Crippen LogP) is 1.83. The van der Waals surface area contributed by atoms with E-state index in [-0.39, 0.29) is 12.5 Å². The first-order valence-corrected chi connectivity index (χ1v) is 6.90. The van der Waals surface area contributed by atoms with Crippen LogP contribution < -0.4 is 10.6 Å². The third-order valence-corrected chi connectivity index (χ3v) is 3.20. The average molecular weight is 276 g/mol. The third kappa shape index (κ3) is 4.91. The van der Waals surface area contributed by atoms with Gasteiger partial charge in [-0.05, 0) is 31.2 Å². The van der Waals surface area contributed by atoms with Crippen LogP contribution in [0.2, 0.25) is 0 Å². The van der Waals surface area contributed by atoms with E-state index in [9.17, 15) is 9.59 Å². The van der Waals surface area contributed by atoms with Crippen molar-refractivity contribution in [1.82, 2.24) is 10.6 Å². The second kappa shape index (κ2) is 6.93. The number of alkyl carbamates (subject to hydrolysis) is 1. The zero-order chi connectivity index (χ0) is 14.4.